The highest BCUT2D eigenvalue weighted by Gasteiger charge is 2.41. The van der Waals surface area contributed by atoms with Crippen LogP contribution in [0.5, 0.6) is 0 Å². The topological polar surface area (TPSA) is 102 Å². The van der Waals surface area contributed by atoms with Crippen molar-refractivity contribution >= 4 is 27.5 Å². The van der Waals surface area contributed by atoms with Gasteiger partial charge in [-0.25, -0.2) is 8.42 Å². The molecule has 1 aromatic rings. The number of rotatable bonds is 4. The number of carbonyl (C=O) groups excluding carboxylic acids is 2. The number of hydrogen-bond donors (Lipinski definition) is 2. The van der Waals surface area contributed by atoms with Crippen molar-refractivity contribution in [3.8, 4) is 0 Å². The second kappa shape index (κ2) is 8.40. The van der Waals surface area contributed by atoms with Crippen LogP contribution < -0.4 is 15.2 Å². The van der Waals surface area contributed by atoms with Crippen molar-refractivity contribution in [3.63, 3.8) is 0 Å². The maximum absolute atomic E-state index is 13.2. The first kappa shape index (κ1) is 22.0. The molecule has 4 rings (SSSR count). The lowest BCUT2D eigenvalue weighted by atomic mass is 9.83. The summed E-state index contributed by atoms with van der Waals surface area (Å²) in [7, 11) is 0.231. The van der Waals surface area contributed by atoms with E-state index in [1.54, 1.807) is 31.1 Å². The van der Waals surface area contributed by atoms with Crippen LogP contribution in [0.25, 0.3) is 0 Å². The standard InChI is InChI=1S/C21H31N5O4S/c1-24(2)21(28)17-12-22-23-19(17)16-5-4-9-25(13-16)20(27)15-6-7-18-14(11-15)8-10-26(18)31(3,29)30/h6-7,11,16-17,19,22-23H,4-5,8-10,12-13H2,1-3H3. The number of likely N-dealkylation sites (tertiary alicyclic amines) is 1. The zero-order valence-corrected chi connectivity index (χ0v) is 19.1. The maximum atomic E-state index is 13.2. The van der Waals surface area contributed by atoms with Gasteiger partial charge in [0.2, 0.25) is 15.9 Å². The number of carbonyl (C=O) groups is 2. The van der Waals surface area contributed by atoms with Crippen molar-refractivity contribution in [1.29, 1.82) is 0 Å². The van der Waals surface area contributed by atoms with E-state index < -0.39 is 10.0 Å². The number of nitrogens with zero attached hydrogens (tertiary/aromatic N) is 3. The molecular weight excluding hydrogens is 418 g/mol. The molecule has 3 aliphatic heterocycles. The van der Waals surface area contributed by atoms with E-state index in [9.17, 15) is 18.0 Å². The van der Waals surface area contributed by atoms with Crippen LogP contribution in [0.1, 0.15) is 28.8 Å². The van der Waals surface area contributed by atoms with Crippen LogP contribution in [0.15, 0.2) is 18.2 Å². The highest BCUT2D eigenvalue weighted by atomic mass is 32.2. The summed E-state index contributed by atoms with van der Waals surface area (Å²) in [6.07, 6.45) is 3.67. The second-order valence-corrected chi connectivity index (χ2v) is 10.9. The predicted molar refractivity (Wildman–Crippen MR) is 118 cm³/mol. The van der Waals surface area contributed by atoms with Crippen molar-refractivity contribution in [2.24, 2.45) is 11.8 Å². The third-order valence-electron chi connectivity index (χ3n) is 6.61. The first-order valence-corrected chi connectivity index (χ1v) is 12.6. The SMILES string of the molecule is CN(C)C(=O)C1CNNC1C1CCCN(C(=O)c2ccc3c(c2)CCN3S(C)(=O)=O)C1. The zero-order valence-electron chi connectivity index (χ0n) is 18.3. The minimum atomic E-state index is -3.31. The first-order chi connectivity index (χ1) is 14.7. The highest BCUT2D eigenvalue weighted by molar-refractivity contribution is 7.92. The van der Waals surface area contributed by atoms with Gasteiger partial charge in [-0.05, 0) is 48.9 Å². The van der Waals surface area contributed by atoms with Gasteiger partial charge in [0.15, 0.2) is 0 Å². The van der Waals surface area contributed by atoms with Gasteiger partial charge in [0.05, 0.1) is 17.9 Å². The molecule has 2 saturated heterocycles. The van der Waals surface area contributed by atoms with Gasteiger partial charge in [0.1, 0.15) is 0 Å². The van der Waals surface area contributed by atoms with Crippen LogP contribution in [0, 0.1) is 11.8 Å². The third-order valence-corrected chi connectivity index (χ3v) is 7.79. The van der Waals surface area contributed by atoms with Crippen LogP contribution >= 0.6 is 0 Å². The van der Waals surface area contributed by atoms with Crippen molar-refractivity contribution in [3.05, 3.63) is 29.3 Å². The van der Waals surface area contributed by atoms with Crippen molar-refractivity contribution in [2.75, 3.05) is 50.8 Å². The molecule has 3 heterocycles. The molecule has 9 nitrogen and oxygen atoms in total. The molecule has 3 atom stereocenters. The van der Waals surface area contributed by atoms with E-state index in [1.807, 2.05) is 11.0 Å². The van der Waals surface area contributed by atoms with E-state index in [1.165, 1.54) is 10.6 Å². The number of sulfonamides is 1. The lowest BCUT2D eigenvalue weighted by Crippen LogP contribution is -2.50. The van der Waals surface area contributed by atoms with Crippen LogP contribution in [-0.2, 0) is 21.2 Å². The summed E-state index contributed by atoms with van der Waals surface area (Å²) in [5.41, 5.74) is 8.54. The molecule has 170 valence electrons. The Kier molecular flexibility index (Phi) is 5.97. The Bertz CT molecular complexity index is 980. The summed E-state index contributed by atoms with van der Waals surface area (Å²) in [4.78, 5) is 29.3. The molecule has 10 heteroatoms. The molecule has 1 aromatic carbocycles. The minimum absolute atomic E-state index is 0.00570. The molecular formula is C21H31N5O4S. The first-order valence-electron chi connectivity index (χ1n) is 10.8. The molecule has 0 aliphatic carbocycles. The Hall–Kier alpha value is -2.17. The number of hydrogen-bond acceptors (Lipinski definition) is 6. The molecule has 0 bridgehead atoms. The van der Waals surface area contributed by atoms with E-state index in [2.05, 4.69) is 10.9 Å². The number of anilines is 1. The molecule has 0 saturated carbocycles. The number of piperidine rings is 1. The Labute approximate surface area is 183 Å². The quantitative estimate of drug-likeness (QED) is 0.673. The van der Waals surface area contributed by atoms with E-state index in [-0.39, 0.29) is 29.7 Å². The molecule has 0 spiro atoms. The number of hydrazine groups is 1. The van der Waals surface area contributed by atoms with Gasteiger partial charge >= 0.3 is 0 Å². The molecule has 0 aromatic heterocycles. The fraction of sp³-hybridized carbons (Fsp3) is 0.619. The number of benzene rings is 1. The Morgan fingerprint density at radius 3 is 2.68 bits per heavy atom. The van der Waals surface area contributed by atoms with Gasteiger partial charge in [-0.2, -0.15) is 0 Å². The van der Waals surface area contributed by atoms with Gasteiger partial charge in [0.25, 0.3) is 5.91 Å². The number of nitrogens with one attached hydrogen (secondary N) is 2. The fourth-order valence-electron chi connectivity index (χ4n) is 5.05. The predicted octanol–water partition coefficient (Wildman–Crippen LogP) is 0.0417. The van der Waals surface area contributed by atoms with E-state index in [4.69, 9.17) is 0 Å². The second-order valence-electron chi connectivity index (χ2n) is 8.97. The van der Waals surface area contributed by atoms with Gasteiger partial charge in [-0.15, -0.1) is 0 Å². The molecule has 3 unspecified atom stereocenters. The maximum Gasteiger partial charge on any atom is 0.253 e. The van der Waals surface area contributed by atoms with E-state index >= 15 is 0 Å². The van der Waals surface area contributed by atoms with Crippen LogP contribution in [0.4, 0.5) is 5.69 Å². The summed E-state index contributed by atoms with van der Waals surface area (Å²) >= 11 is 0. The number of amides is 2. The van der Waals surface area contributed by atoms with Crippen molar-refractivity contribution < 1.29 is 18.0 Å². The van der Waals surface area contributed by atoms with Crippen molar-refractivity contribution in [1.82, 2.24) is 20.7 Å². The van der Waals surface area contributed by atoms with Crippen LogP contribution in [0.2, 0.25) is 0 Å². The lowest BCUT2D eigenvalue weighted by molar-refractivity contribution is -0.133. The molecule has 3 aliphatic rings. The molecule has 2 N–H and O–H groups in total. The fourth-order valence-corrected chi connectivity index (χ4v) is 6.01. The Morgan fingerprint density at radius 1 is 1.19 bits per heavy atom. The van der Waals surface area contributed by atoms with Crippen LogP contribution in [0.3, 0.4) is 0 Å². The average Bonchev–Trinajstić information content (AvgIpc) is 3.39. The monoisotopic (exact) mass is 449 g/mol. The molecule has 2 amide bonds. The molecule has 31 heavy (non-hydrogen) atoms. The largest absolute Gasteiger partial charge is 0.348 e. The van der Waals surface area contributed by atoms with Gasteiger partial charge in [-0.1, -0.05) is 0 Å². The van der Waals surface area contributed by atoms with Gasteiger partial charge in [0, 0.05) is 51.9 Å². The van der Waals surface area contributed by atoms with Gasteiger partial charge in [-0.3, -0.25) is 24.7 Å². The summed E-state index contributed by atoms with van der Waals surface area (Å²) < 4.78 is 25.3. The molecule has 0 radical (unpaired) electrons. The van der Waals surface area contributed by atoms with E-state index in [0.717, 1.165) is 18.4 Å². The summed E-state index contributed by atoms with van der Waals surface area (Å²) in [5, 5.41) is 0. The normalized spacial score (nSPS) is 26.1. The summed E-state index contributed by atoms with van der Waals surface area (Å²) in [6, 6.07) is 5.29. The smallest absolute Gasteiger partial charge is 0.253 e. The lowest BCUT2D eigenvalue weighted by Gasteiger charge is -2.37. The Morgan fingerprint density at radius 2 is 1.97 bits per heavy atom. The Balaban J connectivity index is 1.48. The zero-order chi connectivity index (χ0) is 22.3. The average molecular weight is 450 g/mol. The van der Waals surface area contributed by atoms with Crippen molar-refractivity contribution in [2.45, 2.75) is 25.3 Å². The molecule has 2 fully saturated rings. The summed E-state index contributed by atoms with van der Waals surface area (Å²) in [6.45, 7) is 2.29. The summed E-state index contributed by atoms with van der Waals surface area (Å²) in [5.74, 6) is 0.112. The third kappa shape index (κ3) is 4.28. The van der Waals surface area contributed by atoms with Gasteiger partial charge < -0.3 is 9.80 Å². The number of fused-ring (bicyclic) bond motifs is 1. The van der Waals surface area contributed by atoms with E-state index in [0.29, 0.717) is 43.9 Å². The minimum Gasteiger partial charge on any atom is -0.348 e. The van der Waals surface area contributed by atoms with Crippen LogP contribution in [-0.4, -0.2) is 82.6 Å². The highest BCUT2D eigenvalue weighted by Crippen LogP contribution is 2.32.